The number of ether oxygens (including phenoxy) is 1. The molecule has 0 amide bonds. The number of aliphatic imine (C=N–C) groups is 1. The van der Waals surface area contributed by atoms with Crippen molar-refractivity contribution in [2.45, 2.75) is 26.3 Å². The molecule has 2 aromatic rings. The molecule has 32 heavy (non-hydrogen) atoms. The molecule has 0 unspecified atom stereocenters. The van der Waals surface area contributed by atoms with E-state index in [9.17, 15) is 0 Å². The van der Waals surface area contributed by atoms with E-state index < -0.39 is 0 Å². The molecule has 7 heteroatoms. The molecule has 0 bridgehead atoms. The number of nitrogens with zero attached hydrogens (tertiary/aromatic N) is 3. The van der Waals surface area contributed by atoms with Gasteiger partial charge in [0.2, 0.25) is 0 Å². The van der Waals surface area contributed by atoms with E-state index in [1.165, 1.54) is 29.8 Å². The average molecular weight is 552 g/mol. The van der Waals surface area contributed by atoms with Gasteiger partial charge < -0.3 is 20.3 Å². The van der Waals surface area contributed by atoms with Gasteiger partial charge in [0.25, 0.3) is 0 Å². The van der Waals surface area contributed by atoms with Crippen molar-refractivity contribution in [1.82, 2.24) is 15.5 Å². The van der Waals surface area contributed by atoms with E-state index in [0.29, 0.717) is 0 Å². The van der Waals surface area contributed by atoms with E-state index in [1.807, 2.05) is 19.2 Å². The van der Waals surface area contributed by atoms with Crippen LogP contribution >= 0.6 is 24.0 Å². The Hall–Kier alpha value is -2.00. The van der Waals surface area contributed by atoms with Gasteiger partial charge >= 0.3 is 0 Å². The predicted octanol–water partition coefficient (Wildman–Crippen LogP) is 3.89. The van der Waals surface area contributed by atoms with Crippen LogP contribution in [0.25, 0.3) is 0 Å². The molecule has 1 fully saturated rings. The predicted molar refractivity (Wildman–Crippen MR) is 146 cm³/mol. The second kappa shape index (κ2) is 14.2. The highest BCUT2D eigenvalue weighted by Gasteiger charge is 2.16. The topological polar surface area (TPSA) is 52.1 Å². The van der Waals surface area contributed by atoms with Crippen LogP contribution in [0.5, 0.6) is 5.75 Å². The molecule has 2 aromatic carbocycles. The van der Waals surface area contributed by atoms with Crippen LogP contribution in [0, 0.1) is 6.92 Å². The van der Waals surface area contributed by atoms with E-state index in [4.69, 9.17) is 4.74 Å². The van der Waals surface area contributed by atoms with E-state index in [0.717, 1.165) is 57.4 Å². The Kier molecular flexibility index (Phi) is 11.7. The lowest BCUT2D eigenvalue weighted by Gasteiger charge is -2.36. The van der Waals surface area contributed by atoms with Crippen molar-refractivity contribution in [3.63, 3.8) is 0 Å². The fraction of sp³-hybridized carbons (Fsp3) is 0.480. The van der Waals surface area contributed by atoms with Crippen molar-refractivity contribution in [3.05, 3.63) is 59.7 Å². The van der Waals surface area contributed by atoms with Crippen LogP contribution in [0.15, 0.2) is 53.5 Å². The lowest BCUT2D eigenvalue weighted by Crippen LogP contribution is -2.46. The van der Waals surface area contributed by atoms with Crippen LogP contribution in [-0.4, -0.2) is 64.3 Å². The first-order chi connectivity index (χ1) is 15.2. The Balaban J connectivity index is 0.00000363. The minimum Gasteiger partial charge on any atom is -0.497 e. The molecule has 0 atom stereocenters. The number of benzene rings is 2. The summed E-state index contributed by atoms with van der Waals surface area (Å²) in [7, 11) is 3.50. The van der Waals surface area contributed by atoms with Crippen LogP contribution < -0.4 is 20.3 Å². The lowest BCUT2D eigenvalue weighted by atomic mass is 10.2. The molecule has 3 rings (SSSR count). The van der Waals surface area contributed by atoms with Gasteiger partial charge in [-0.15, -0.1) is 24.0 Å². The molecular weight excluding hydrogens is 513 g/mol. The second-order valence-electron chi connectivity index (χ2n) is 8.08. The minimum atomic E-state index is 0. The summed E-state index contributed by atoms with van der Waals surface area (Å²) >= 11 is 0. The summed E-state index contributed by atoms with van der Waals surface area (Å²) in [6.45, 7) is 9.53. The van der Waals surface area contributed by atoms with Gasteiger partial charge in [-0.1, -0.05) is 24.3 Å². The number of rotatable bonds is 9. The van der Waals surface area contributed by atoms with E-state index in [2.05, 4.69) is 68.7 Å². The first kappa shape index (κ1) is 26.3. The largest absolute Gasteiger partial charge is 0.497 e. The first-order valence-electron chi connectivity index (χ1n) is 11.3. The molecular formula is C25H38IN5O. The van der Waals surface area contributed by atoms with Crippen LogP contribution in [0.3, 0.4) is 0 Å². The van der Waals surface area contributed by atoms with E-state index >= 15 is 0 Å². The standard InChI is InChI=1S/C25H37N5O.HI/c1-21-7-6-8-23(19-21)30-17-15-29(16-18-30)14-5-4-13-27-25(26-2)28-20-22-9-11-24(31-3)12-10-22;/h6-12,19H,4-5,13-18,20H2,1-3H3,(H2,26,27,28);1H. The van der Waals surface area contributed by atoms with Gasteiger partial charge in [-0.25, -0.2) is 0 Å². The molecule has 176 valence electrons. The summed E-state index contributed by atoms with van der Waals surface area (Å²) in [5, 5.41) is 6.79. The highest BCUT2D eigenvalue weighted by Crippen LogP contribution is 2.18. The van der Waals surface area contributed by atoms with Crippen LogP contribution in [0.2, 0.25) is 0 Å². The highest BCUT2D eigenvalue weighted by molar-refractivity contribution is 14.0. The maximum Gasteiger partial charge on any atom is 0.191 e. The van der Waals surface area contributed by atoms with Gasteiger partial charge in [-0.05, 0) is 61.7 Å². The molecule has 0 spiro atoms. The van der Waals surface area contributed by atoms with Crippen LogP contribution in [-0.2, 0) is 6.54 Å². The smallest absolute Gasteiger partial charge is 0.191 e. The second-order valence-corrected chi connectivity index (χ2v) is 8.08. The summed E-state index contributed by atoms with van der Waals surface area (Å²) in [6, 6.07) is 16.9. The number of methoxy groups -OCH3 is 1. The zero-order valence-corrected chi connectivity index (χ0v) is 22.0. The van der Waals surface area contributed by atoms with Crippen molar-refractivity contribution in [3.8, 4) is 5.75 Å². The molecule has 6 nitrogen and oxygen atoms in total. The molecule has 1 saturated heterocycles. The quantitative estimate of drug-likeness (QED) is 0.215. The van der Waals surface area contributed by atoms with E-state index in [-0.39, 0.29) is 24.0 Å². The van der Waals surface area contributed by atoms with Crippen LogP contribution in [0.1, 0.15) is 24.0 Å². The first-order valence-corrected chi connectivity index (χ1v) is 11.3. The summed E-state index contributed by atoms with van der Waals surface area (Å²) in [6.07, 6.45) is 2.34. The third kappa shape index (κ3) is 8.50. The molecule has 1 aliphatic heterocycles. The molecule has 1 heterocycles. The zero-order valence-electron chi connectivity index (χ0n) is 19.6. The molecule has 0 saturated carbocycles. The maximum absolute atomic E-state index is 5.20. The lowest BCUT2D eigenvalue weighted by molar-refractivity contribution is 0.253. The average Bonchev–Trinajstić information content (AvgIpc) is 2.81. The SMILES string of the molecule is CN=C(NCCCCN1CCN(c2cccc(C)c2)CC1)NCc1ccc(OC)cc1.I. The number of unbranched alkanes of at least 4 members (excludes halogenated alkanes) is 1. The van der Waals surface area contributed by atoms with Crippen LogP contribution in [0.4, 0.5) is 5.69 Å². The Morgan fingerprint density at radius 3 is 2.41 bits per heavy atom. The number of aryl methyl sites for hydroxylation is 1. The fourth-order valence-corrected chi connectivity index (χ4v) is 3.87. The summed E-state index contributed by atoms with van der Waals surface area (Å²) in [4.78, 5) is 9.41. The minimum absolute atomic E-state index is 0. The van der Waals surface area contributed by atoms with Crippen molar-refractivity contribution >= 4 is 35.6 Å². The number of anilines is 1. The fourth-order valence-electron chi connectivity index (χ4n) is 3.87. The van der Waals surface area contributed by atoms with Gasteiger partial charge in [0, 0.05) is 52.0 Å². The van der Waals surface area contributed by atoms with Gasteiger partial charge in [-0.2, -0.15) is 0 Å². The summed E-state index contributed by atoms with van der Waals surface area (Å²) in [5.74, 6) is 1.73. The van der Waals surface area contributed by atoms with Gasteiger partial charge in [0.1, 0.15) is 5.75 Å². The van der Waals surface area contributed by atoms with Gasteiger partial charge in [0.15, 0.2) is 5.96 Å². The molecule has 1 aliphatic rings. The Morgan fingerprint density at radius 2 is 1.75 bits per heavy atom. The van der Waals surface area contributed by atoms with E-state index in [1.54, 1.807) is 7.11 Å². The number of piperazine rings is 1. The third-order valence-electron chi connectivity index (χ3n) is 5.78. The molecule has 0 aromatic heterocycles. The number of hydrogen-bond donors (Lipinski definition) is 2. The Bertz CT molecular complexity index is 819. The summed E-state index contributed by atoms with van der Waals surface area (Å²) in [5.41, 5.74) is 3.90. The van der Waals surface area contributed by atoms with Crippen molar-refractivity contribution < 1.29 is 4.74 Å². The summed E-state index contributed by atoms with van der Waals surface area (Å²) < 4.78 is 5.20. The monoisotopic (exact) mass is 551 g/mol. The highest BCUT2D eigenvalue weighted by atomic mass is 127. The number of nitrogens with one attached hydrogen (secondary N) is 2. The zero-order chi connectivity index (χ0) is 21.9. The normalized spacial score (nSPS) is 14.6. The van der Waals surface area contributed by atoms with Gasteiger partial charge in [0.05, 0.1) is 7.11 Å². The molecule has 0 aliphatic carbocycles. The van der Waals surface area contributed by atoms with Crippen molar-refractivity contribution in [1.29, 1.82) is 0 Å². The number of halogens is 1. The molecule has 2 N–H and O–H groups in total. The Morgan fingerprint density at radius 1 is 1.00 bits per heavy atom. The van der Waals surface area contributed by atoms with Crippen molar-refractivity contribution in [2.24, 2.45) is 4.99 Å². The molecule has 0 radical (unpaired) electrons. The maximum atomic E-state index is 5.20. The number of guanidine groups is 1. The van der Waals surface area contributed by atoms with Crippen molar-refractivity contribution in [2.75, 3.05) is 58.3 Å². The number of hydrogen-bond acceptors (Lipinski definition) is 4. The Labute approximate surface area is 210 Å². The van der Waals surface area contributed by atoms with Gasteiger partial charge in [-0.3, -0.25) is 9.89 Å². The third-order valence-corrected chi connectivity index (χ3v) is 5.78.